The SMILES string of the molecule is [C-]#[N+]/C(C#N)=C\c1ccc(-c2cc3oc4cc(N(c5ccc(C(C)(C)C)cc5)c5ccc(C(C)(C)C)cc5)ccc4c3o2)s1. The Kier molecular flexibility index (Phi) is 7.20. The van der Waals surface area contributed by atoms with Crippen molar-refractivity contribution in [2.75, 3.05) is 4.90 Å². The lowest BCUT2D eigenvalue weighted by atomic mass is 9.86. The van der Waals surface area contributed by atoms with Crippen molar-refractivity contribution in [3.8, 4) is 16.7 Å². The molecule has 0 fully saturated rings. The molecular weight excluding hydrogens is 563 g/mol. The average molecular weight is 596 g/mol. The minimum Gasteiger partial charge on any atom is -0.452 e. The van der Waals surface area contributed by atoms with Crippen LogP contribution in [-0.2, 0) is 10.8 Å². The number of thiophene rings is 1. The maximum Gasteiger partial charge on any atom is 0.263 e. The summed E-state index contributed by atoms with van der Waals surface area (Å²) in [6, 6.07) is 31.4. The number of allylic oxidation sites excluding steroid dienone is 1. The van der Waals surface area contributed by atoms with Crippen molar-refractivity contribution in [3.05, 3.63) is 118 Å². The van der Waals surface area contributed by atoms with Crippen molar-refractivity contribution < 1.29 is 8.83 Å². The van der Waals surface area contributed by atoms with E-state index in [2.05, 4.69) is 118 Å². The summed E-state index contributed by atoms with van der Waals surface area (Å²) >= 11 is 1.46. The van der Waals surface area contributed by atoms with E-state index in [-0.39, 0.29) is 16.5 Å². The second-order valence-corrected chi connectivity index (χ2v) is 14.1. The molecule has 0 bridgehead atoms. The molecule has 44 heavy (non-hydrogen) atoms. The third-order valence-corrected chi connectivity index (χ3v) is 8.80. The minimum atomic E-state index is 0.0535. The summed E-state index contributed by atoms with van der Waals surface area (Å²) in [5.41, 5.74) is 8.00. The van der Waals surface area contributed by atoms with Gasteiger partial charge in [-0.3, -0.25) is 0 Å². The Morgan fingerprint density at radius 1 is 0.773 bits per heavy atom. The minimum absolute atomic E-state index is 0.0535. The summed E-state index contributed by atoms with van der Waals surface area (Å²) in [6.07, 6.45) is 1.59. The molecule has 218 valence electrons. The van der Waals surface area contributed by atoms with E-state index < -0.39 is 0 Å². The monoisotopic (exact) mass is 595 g/mol. The molecule has 3 aromatic heterocycles. The van der Waals surface area contributed by atoms with Gasteiger partial charge in [0.15, 0.2) is 11.2 Å². The van der Waals surface area contributed by atoms with Gasteiger partial charge < -0.3 is 13.7 Å². The van der Waals surface area contributed by atoms with E-state index in [4.69, 9.17) is 20.7 Å². The quantitative estimate of drug-likeness (QED) is 0.147. The van der Waals surface area contributed by atoms with E-state index in [1.54, 1.807) is 6.08 Å². The summed E-state index contributed by atoms with van der Waals surface area (Å²) in [6.45, 7) is 20.5. The maximum absolute atomic E-state index is 9.08. The Balaban J connectivity index is 1.40. The zero-order chi connectivity index (χ0) is 31.2. The fourth-order valence-electron chi connectivity index (χ4n) is 5.26. The molecule has 0 N–H and O–H groups in total. The van der Waals surface area contributed by atoms with Gasteiger partial charge in [-0.15, -0.1) is 11.3 Å². The van der Waals surface area contributed by atoms with E-state index in [1.165, 1.54) is 22.5 Å². The molecule has 0 saturated heterocycles. The molecule has 5 nitrogen and oxygen atoms in total. The van der Waals surface area contributed by atoms with Crippen LogP contribution in [0.2, 0.25) is 0 Å². The van der Waals surface area contributed by atoms with Gasteiger partial charge in [0, 0.05) is 34.1 Å². The van der Waals surface area contributed by atoms with Crippen molar-refractivity contribution in [1.82, 2.24) is 0 Å². The number of nitriles is 1. The summed E-state index contributed by atoms with van der Waals surface area (Å²) in [5.74, 6) is 0.690. The Morgan fingerprint density at radius 2 is 1.36 bits per heavy atom. The van der Waals surface area contributed by atoms with Crippen LogP contribution in [0, 0.1) is 17.9 Å². The highest BCUT2D eigenvalue weighted by molar-refractivity contribution is 7.16. The van der Waals surface area contributed by atoms with Crippen molar-refractivity contribution in [1.29, 1.82) is 5.26 Å². The summed E-state index contributed by atoms with van der Waals surface area (Å²) in [4.78, 5) is 7.22. The van der Waals surface area contributed by atoms with Crippen LogP contribution in [0.1, 0.15) is 57.5 Å². The van der Waals surface area contributed by atoms with Gasteiger partial charge in [-0.25, -0.2) is 10.1 Å². The predicted molar refractivity (Wildman–Crippen MR) is 182 cm³/mol. The first-order valence-corrected chi connectivity index (χ1v) is 15.3. The van der Waals surface area contributed by atoms with Crippen molar-refractivity contribution in [2.45, 2.75) is 52.4 Å². The molecule has 3 heterocycles. The number of anilines is 3. The van der Waals surface area contributed by atoms with E-state index in [0.29, 0.717) is 16.9 Å². The van der Waals surface area contributed by atoms with Crippen LogP contribution in [-0.4, -0.2) is 0 Å². The van der Waals surface area contributed by atoms with Gasteiger partial charge in [0.25, 0.3) is 5.70 Å². The molecule has 0 atom stereocenters. The molecule has 0 radical (unpaired) electrons. The molecule has 0 spiro atoms. The van der Waals surface area contributed by atoms with Crippen LogP contribution in [0.15, 0.2) is 99.5 Å². The normalized spacial score (nSPS) is 12.4. The first-order valence-electron chi connectivity index (χ1n) is 14.5. The predicted octanol–water partition coefficient (Wildman–Crippen LogP) is 11.8. The van der Waals surface area contributed by atoms with E-state index in [1.807, 2.05) is 24.3 Å². The zero-order valence-electron chi connectivity index (χ0n) is 25.7. The number of fused-ring (bicyclic) bond motifs is 3. The van der Waals surface area contributed by atoms with Gasteiger partial charge in [0.2, 0.25) is 0 Å². The molecule has 0 aliphatic rings. The second-order valence-electron chi connectivity index (χ2n) is 13.0. The fourth-order valence-corrected chi connectivity index (χ4v) is 6.15. The van der Waals surface area contributed by atoms with Crippen LogP contribution in [0.25, 0.3) is 43.7 Å². The van der Waals surface area contributed by atoms with Gasteiger partial charge >= 0.3 is 0 Å². The molecule has 0 amide bonds. The first kappa shape index (κ1) is 29.1. The fraction of sp³-hybridized carbons (Fsp3) is 0.211. The largest absolute Gasteiger partial charge is 0.452 e. The molecule has 0 aliphatic heterocycles. The van der Waals surface area contributed by atoms with Gasteiger partial charge in [-0.1, -0.05) is 65.8 Å². The van der Waals surface area contributed by atoms with Crippen LogP contribution >= 0.6 is 11.3 Å². The third-order valence-electron chi connectivity index (χ3n) is 7.75. The Morgan fingerprint density at radius 3 is 1.91 bits per heavy atom. The topological polar surface area (TPSA) is 57.7 Å². The van der Waals surface area contributed by atoms with Gasteiger partial charge in [-0.05, 0) is 76.6 Å². The Hall–Kier alpha value is -5.04. The van der Waals surface area contributed by atoms with Crippen molar-refractivity contribution in [3.63, 3.8) is 0 Å². The molecule has 0 unspecified atom stereocenters. The summed E-state index contributed by atoms with van der Waals surface area (Å²) < 4.78 is 12.6. The highest BCUT2D eigenvalue weighted by Gasteiger charge is 2.21. The van der Waals surface area contributed by atoms with Crippen molar-refractivity contribution >= 4 is 56.6 Å². The van der Waals surface area contributed by atoms with Crippen LogP contribution < -0.4 is 4.90 Å². The van der Waals surface area contributed by atoms with Gasteiger partial charge in [0.05, 0.1) is 22.9 Å². The standard InChI is InChI=1S/C38H33N3O2S/c1-37(2,3)24-8-12-27(13-9-24)41(28-14-10-25(11-15-28)38(4,5)6)29-16-18-31-32(21-29)42-34-22-33(43-36(31)34)35-19-17-30(44-35)20-26(23-39)40-7/h8-22H,1-6H3/b26-20-. The van der Waals surface area contributed by atoms with Crippen LogP contribution in [0.4, 0.5) is 17.1 Å². The van der Waals surface area contributed by atoms with Crippen LogP contribution in [0.5, 0.6) is 0 Å². The number of benzene rings is 3. The van der Waals surface area contributed by atoms with E-state index in [9.17, 15) is 0 Å². The lowest BCUT2D eigenvalue weighted by Gasteiger charge is -2.28. The molecule has 6 heteroatoms. The highest BCUT2D eigenvalue weighted by atomic mass is 32.1. The Bertz CT molecular complexity index is 2020. The Labute approximate surface area is 262 Å². The number of furan rings is 2. The number of rotatable bonds is 5. The first-order chi connectivity index (χ1) is 20.9. The lowest BCUT2D eigenvalue weighted by Crippen LogP contribution is -2.14. The molecule has 3 aromatic carbocycles. The highest BCUT2D eigenvalue weighted by Crippen LogP contribution is 2.42. The number of nitrogens with zero attached hydrogens (tertiary/aromatic N) is 3. The smallest absolute Gasteiger partial charge is 0.263 e. The van der Waals surface area contributed by atoms with Gasteiger partial charge in [0.1, 0.15) is 11.3 Å². The van der Waals surface area contributed by atoms with E-state index in [0.717, 1.165) is 37.8 Å². The van der Waals surface area contributed by atoms with Crippen molar-refractivity contribution in [2.24, 2.45) is 0 Å². The summed E-state index contributed by atoms with van der Waals surface area (Å²) in [5, 5.41) is 9.98. The molecule has 6 rings (SSSR count). The third kappa shape index (κ3) is 5.53. The van der Waals surface area contributed by atoms with E-state index >= 15 is 0 Å². The average Bonchev–Trinajstić information content (AvgIpc) is 3.70. The number of hydrogen-bond donors (Lipinski definition) is 0. The zero-order valence-corrected chi connectivity index (χ0v) is 26.5. The van der Waals surface area contributed by atoms with Gasteiger partial charge in [-0.2, -0.15) is 0 Å². The van der Waals surface area contributed by atoms with Crippen LogP contribution in [0.3, 0.4) is 0 Å². The number of hydrogen-bond acceptors (Lipinski definition) is 5. The molecule has 6 aromatic rings. The maximum atomic E-state index is 9.08. The molecule has 0 saturated carbocycles. The second kappa shape index (κ2) is 10.9. The lowest BCUT2D eigenvalue weighted by molar-refractivity contribution is 0.590. The molecule has 0 aliphatic carbocycles. The summed E-state index contributed by atoms with van der Waals surface area (Å²) in [7, 11) is 0. The molecular formula is C38H33N3O2S.